The van der Waals surface area contributed by atoms with Crippen LogP contribution in [0.4, 0.5) is 5.69 Å². The van der Waals surface area contributed by atoms with Crippen LogP contribution in [0.15, 0.2) is 12.4 Å². The molecule has 5 heteroatoms. The molecule has 0 aromatic carbocycles. The molecule has 0 spiro atoms. The Morgan fingerprint density at radius 3 is 2.47 bits per heavy atom. The van der Waals surface area contributed by atoms with Gasteiger partial charge in [0.05, 0.1) is 17.9 Å². The molecule has 1 atom stereocenters. The van der Waals surface area contributed by atoms with E-state index in [1.165, 1.54) is 0 Å². The molecule has 1 rings (SSSR count). The van der Waals surface area contributed by atoms with Crippen LogP contribution in [-0.2, 0) is 4.79 Å². The average molecular weight is 238 g/mol. The van der Waals surface area contributed by atoms with Gasteiger partial charge in [-0.15, -0.1) is 0 Å². The summed E-state index contributed by atoms with van der Waals surface area (Å²) in [6, 6.07) is -0.262. The van der Waals surface area contributed by atoms with Gasteiger partial charge in [-0.3, -0.25) is 9.48 Å². The van der Waals surface area contributed by atoms with Gasteiger partial charge in [0.25, 0.3) is 0 Å². The van der Waals surface area contributed by atoms with Gasteiger partial charge in [-0.05, 0) is 19.3 Å². The fraction of sp³-hybridized carbons (Fsp3) is 0.667. The second-order valence-electron chi connectivity index (χ2n) is 5.64. The number of nitrogens with one attached hydrogen (secondary N) is 1. The molecule has 0 aliphatic heterocycles. The Morgan fingerprint density at radius 1 is 1.47 bits per heavy atom. The summed E-state index contributed by atoms with van der Waals surface area (Å²) in [4.78, 5) is 11.9. The van der Waals surface area contributed by atoms with Crippen LogP contribution in [0.2, 0.25) is 0 Å². The largest absolute Gasteiger partial charge is 0.322 e. The lowest BCUT2D eigenvalue weighted by atomic mass is 9.87. The molecule has 0 bridgehead atoms. The molecule has 0 fully saturated rings. The molecule has 5 nitrogen and oxygen atoms in total. The van der Waals surface area contributed by atoms with Crippen molar-refractivity contribution < 1.29 is 4.79 Å². The van der Waals surface area contributed by atoms with Crippen molar-refractivity contribution in [2.45, 2.75) is 46.7 Å². The zero-order chi connectivity index (χ0) is 13.2. The molecule has 17 heavy (non-hydrogen) atoms. The molecule has 0 radical (unpaired) electrons. The first-order valence-corrected chi connectivity index (χ1v) is 5.82. The van der Waals surface area contributed by atoms with E-state index in [1.807, 2.05) is 34.6 Å². The zero-order valence-corrected chi connectivity index (χ0v) is 11.2. The van der Waals surface area contributed by atoms with Crippen molar-refractivity contribution in [1.82, 2.24) is 9.78 Å². The van der Waals surface area contributed by atoms with Gasteiger partial charge in [0.15, 0.2) is 0 Å². The lowest BCUT2D eigenvalue weighted by Crippen LogP contribution is -2.45. The molecule has 0 saturated heterocycles. The highest BCUT2D eigenvalue weighted by Crippen LogP contribution is 2.19. The van der Waals surface area contributed by atoms with E-state index in [0.29, 0.717) is 5.69 Å². The number of carbonyl (C=O) groups is 1. The summed E-state index contributed by atoms with van der Waals surface area (Å²) in [5, 5.41) is 6.93. The maximum Gasteiger partial charge on any atom is 0.241 e. The number of rotatable bonds is 3. The first-order valence-electron chi connectivity index (χ1n) is 5.82. The molecule has 1 unspecified atom stereocenters. The van der Waals surface area contributed by atoms with Gasteiger partial charge < -0.3 is 11.1 Å². The Hall–Kier alpha value is -1.36. The number of carbonyl (C=O) groups excluding carboxylic acids is 1. The summed E-state index contributed by atoms with van der Waals surface area (Å²) in [6.07, 6.45) is 3.44. The van der Waals surface area contributed by atoms with Crippen molar-refractivity contribution in [3.8, 4) is 0 Å². The lowest BCUT2D eigenvalue weighted by Gasteiger charge is -2.25. The third-order valence-corrected chi connectivity index (χ3v) is 2.61. The van der Waals surface area contributed by atoms with Crippen molar-refractivity contribution in [3.05, 3.63) is 12.4 Å². The van der Waals surface area contributed by atoms with Crippen LogP contribution in [0.3, 0.4) is 0 Å². The molecule has 3 N–H and O–H groups in total. The van der Waals surface area contributed by atoms with E-state index >= 15 is 0 Å². The van der Waals surface area contributed by atoms with E-state index in [0.717, 1.165) is 0 Å². The fourth-order valence-corrected chi connectivity index (χ4v) is 1.30. The van der Waals surface area contributed by atoms with Gasteiger partial charge >= 0.3 is 0 Å². The van der Waals surface area contributed by atoms with Gasteiger partial charge in [-0.1, -0.05) is 20.8 Å². The molecule has 1 heterocycles. The summed E-state index contributed by atoms with van der Waals surface area (Å²) in [7, 11) is 0. The van der Waals surface area contributed by atoms with Crippen LogP contribution in [0, 0.1) is 5.41 Å². The minimum absolute atomic E-state index is 0.180. The minimum Gasteiger partial charge on any atom is -0.322 e. The smallest absolute Gasteiger partial charge is 0.241 e. The highest BCUT2D eigenvalue weighted by Gasteiger charge is 2.27. The van der Waals surface area contributed by atoms with Gasteiger partial charge in [0, 0.05) is 12.2 Å². The Morgan fingerprint density at radius 2 is 2.06 bits per heavy atom. The van der Waals surface area contributed by atoms with Crippen LogP contribution in [0.25, 0.3) is 0 Å². The van der Waals surface area contributed by atoms with Crippen molar-refractivity contribution in [2.24, 2.45) is 11.1 Å². The number of aromatic nitrogens is 2. The van der Waals surface area contributed by atoms with E-state index < -0.39 is 6.04 Å². The number of anilines is 1. The summed E-state index contributed by atoms with van der Waals surface area (Å²) in [5.74, 6) is -0.180. The molecule has 0 saturated carbocycles. The third kappa shape index (κ3) is 3.56. The minimum atomic E-state index is -0.537. The van der Waals surface area contributed by atoms with Crippen LogP contribution in [-0.4, -0.2) is 21.7 Å². The van der Waals surface area contributed by atoms with Crippen LogP contribution in [0.1, 0.15) is 40.7 Å². The van der Waals surface area contributed by atoms with E-state index in [9.17, 15) is 4.79 Å². The highest BCUT2D eigenvalue weighted by atomic mass is 16.2. The summed E-state index contributed by atoms with van der Waals surface area (Å²) < 4.78 is 1.79. The zero-order valence-electron chi connectivity index (χ0n) is 11.2. The van der Waals surface area contributed by atoms with E-state index in [-0.39, 0.29) is 17.4 Å². The maximum absolute atomic E-state index is 11.9. The molecular weight excluding hydrogens is 216 g/mol. The molecular formula is C12H22N4O. The number of nitrogens with two attached hydrogens (primary N) is 1. The second kappa shape index (κ2) is 4.87. The van der Waals surface area contributed by atoms with Gasteiger partial charge in [-0.25, -0.2) is 0 Å². The first-order chi connectivity index (χ1) is 7.71. The van der Waals surface area contributed by atoms with E-state index in [2.05, 4.69) is 10.4 Å². The monoisotopic (exact) mass is 238 g/mol. The average Bonchev–Trinajstić information content (AvgIpc) is 2.63. The normalized spacial score (nSPS) is 13.8. The Bertz CT molecular complexity index is 389. The fourth-order valence-electron chi connectivity index (χ4n) is 1.30. The summed E-state index contributed by atoms with van der Waals surface area (Å²) >= 11 is 0. The molecule has 0 aliphatic carbocycles. The van der Waals surface area contributed by atoms with Crippen LogP contribution < -0.4 is 11.1 Å². The van der Waals surface area contributed by atoms with Gasteiger partial charge in [-0.2, -0.15) is 5.10 Å². The number of amides is 1. The van der Waals surface area contributed by atoms with Crippen molar-refractivity contribution in [1.29, 1.82) is 0 Å². The van der Waals surface area contributed by atoms with Crippen LogP contribution in [0.5, 0.6) is 0 Å². The second-order valence-corrected chi connectivity index (χ2v) is 5.64. The summed E-state index contributed by atoms with van der Waals surface area (Å²) in [5.41, 5.74) is 6.30. The maximum atomic E-state index is 11.9. The summed E-state index contributed by atoms with van der Waals surface area (Å²) in [6.45, 7) is 9.87. The number of nitrogens with zero attached hydrogens (tertiary/aromatic N) is 2. The first kappa shape index (κ1) is 13.7. The highest BCUT2D eigenvalue weighted by molar-refractivity contribution is 5.94. The standard InChI is InChI=1S/C12H22N4O/c1-8(2)16-7-9(6-14-16)15-11(17)10(13)12(3,4)5/h6-8,10H,13H2,1-5H3,(H,15,17). The van der Waals surface area contributed by atoms with Crippen molar-refractivity contribution >= 4 is 11.6 Å². The molecule has 1 amide bonds. The molecule has 96 valence electrons. The van der Waals surface area contributed by atoms with E-state index in [1.54, 1.807) is 17.1 Å². The van der Waals surface area contributed by atoms with Gasteiger partial charge in [0.1, 0.15) is 0 Å². The van der Waals surface area contributed by atoms with Crippen LogP contribution >= 0.6 is 0 Å². The molecule has 0 aliphatic rings. The quantitative estimate of drug-likeness (QED) is 0.843. The van der Waals surface area contributed by atoms with E-state index in [4.69, 9.17) is 5.73 Å². The molecule has 1 aromatic rings. The molecule has 1 aromatic heterocycles. The Balaban J connectivity index is 2.68. The SMILES string of the molecule is CC(C)n1cc(NC(=O)C(N)C(C)(C)C)cn1. The van der Waals surface area contributed by atoms with Crippen molar-refractivity contribution in [2.75, 3.05) is 5.32 Å². The predicted molar refractivity (Wildman–Crippen MR) is 68.7 cm³/mol. The lowest BCUT2D eigenvalue weighted by molar-refractivity contribution is -0.119. The Kier molecular flexibility index (Phi) is 3.93. The number of hydrogen-bond acceptors (Lipinski definition) is 3. The predicted octanol–water partition coefficient (Wildman–Crippen LogP) is 1.78. The van der Waals surface area contributed by atoms with Gasteiger partial charge in [0.2, 0.25) is 5.91 Å². The topological polar surface area (TPSA) is 72.9 Å². The Labute approximate surface area is 102 Å². The number of hydrogen-bond donors (Lipinski definition) is 2. The third-order valence-electron chi connectivity index (χ3n) is 2.61. The van der Waals surface area contributed by atoms with Crippen molar-refractivity contribution in [3.63, 3.8) is 0 Å².